The number of halogens is 2. The van der Waals surface area contributed by atoms with Crippen molar-refractivity contribution < 1.29 is 14.3 Å². The van der Waals surface area contributed by atoms with Gasteiger partial charge in [-0.3, -0.25) is 4.79 Å². The summed E-state index contributed by atoms with van der Waals surface area (Å²) in [5, 5.41) is 22.3. The van der Waals surface area contributed by atoms with E-state index in [0.717, 1.165) is 36.9 Å². The zero-order valence-corrected chi connectivity index (χ0v) is 22.2. The minimum Gasteiger partial charge on any atom is -0.394 e. The van der Waals surface area contributed by atoms with Crippen LogP contribution >= 0.6 is 25.2 Å². The quantitative estimate of drug-likeness (QED) is 0.378. The highest BCUT2D eigenvalue weighted by Gasteiger charge is 2.24. The number of carbonyl (C=O) groups excluding carboxylic acids is 1. The molecule has 0 bridgehead atoms. The molecule has 3 aromatic rings. The molecule has 0 spiro atoms. The molecule has 0 radical (unpaired) electrons. The van der Waals surface area contributed by atoms with Gasteiger partial charge in [-0.15, -0.1) is 9.24 Å². The highest BCUT2D eigenvalue weighted by molar-refractivity contribution is 9.10. The van der Waals surface area contributed by atoms with E-state index in [1.54, 1.807) is 30.5 Å². The Hall–Kier alpha value is -2.92. The fourth-order valence-electron chi connectivity index (χ4n) is 4.50. The second kappa shape index (κ2) is 11.4. The summed E-state index contributed by atoms with van der Waals surface area (Å²) in [5.41, 5.74) is 9.11. The van der Waals surface area contributed by atoms with E-state index < -0.39 is 17.8 Å². The standard InChI is InChI=1S/C26H26BrFN5O2P/c27-18-7-17(8-19(28)10-18)22(13-34)33-26(35)20-6-5-16(9-23(20)36)24-25(30)31-12-21(32-24)15-3-1-14(11-29)2-4-15/h5-10,12,14-15,22,34H,1-4,13,36H2,(H2,30,31)(H,33,35)/t14?,15?,22-/m1/s1. The predicted molar refractivity (Wildman–Crippen MR) is 143 cm³/mol. The molecule has 0 saturated heterocycles. The van der Waals surface area contributed by atoms with Crippen LogP contribution in [0.2, 0.25) is 0 Å². The van der Waals surface area contributed by atoms with Crippen molar-refractivity contribution in [3.05, 3.63) is 69.7 Å². The van der Waals surface area contributed by atoms with Gasteiger partial charge in [0.15, 0.2) is 0 Å². The number of amides is 1. The number of nitriles is 1. The van der Waals surface area contributed by atoms with Crippen molar-refractivity contribution in [2.45, 2.75) is 37.6 Å². The van der Waals surface area contributed by atoms with E-state index in [2.05, 4.69) is 41.5 Å². The fourth-order valence-corrected chi connectivity index (χ4v) is 5.39. The highest BCUT2D eigenvalue weighted by atomic mass is 79.9. The van der Waals surface area contributed by atoms with E-state index in [9.17, 15) is 14.3 Å². The molecule has 1 aliphatic rings. The molecular formula is C26H26BrFN5O2P. The molecule has 36 heavy (non-hydrogen) atoms. The average molecular weight is 570 g/mol. The lowest BCUT2D eigenvalue weighted by Gasteiger charge is -2.24. The molecule has 186 valence electrons. The van der Waals surface area contributed by atoms with Crippen LogP contribution in [-0.2, 0) is 0 Å². The number of nitrogens with zero attached hydrogens (tertiary/aromatic N) is 3. The molecule has 10 heteroatoms. The Balaban J connectivity index is 1.54. The summed E-state index contributed by atoms with van der Waals surface area (Å²) in [6.07, 6.45) is 5.18. The third-order valence-corrected chi connectivity index (χ3v) is 7.43. The number of rotatable bonds is 6. The van der Waals surface area contributed by atoms with Crippen LogP contribution in [0.4, 0.5) is 10.2 Å². The lowest BCUT2D eigenvalue weighted by Crippen LogP contribution is -2.32. The van der Waals surface area contributed by atoms with Crippen molar-refractivity contribution in [3.8, 4) is 17.3 Å². The highest BCUT2D eigenvalue weighted by Crippen LogP contribution is 2.36. The van der Waals surface area contributed by atoms with Gasteiger partial charge in [0.05, 0.1) is 30.6 Å². The van der Waals surface area contributed by atoms with Gasteiger partial charge < -0.3 is 16.2 Å². The number of hydrogen-bond acceptors (Lipinski definition) is 6. The Labute approximate surface area is 219 Å². The van der Waals surface area contributed by atoms with Crippen LogP contribution in [0.5, 0.6) is 0 Å². The van der Waals surface area contributed by atoms with Gasteiger partial charge in [-0.2, -0.15) is 5.26 Å². The van der Waals surface area contributed by atoms with E-state index in [-0.39, 0.29) is 18.4 Å². The Kier molecular flexibility index (Phi) is 8.30. The molecular weight excluding hydrogens is 544 g/mol. The minimum absolute atomic E-state index is 0.105. The number of carbonyl (C=O) groups is 1. The van der Waals surface area contributed by atoms with Gasteiger partial charge in [0.2, 0.25) is 0 Å². The second-order valence-electron chi connectivity index (χ2n) is 8.92. The SMILES string of the molecule is N#CC1CCC(c2cnc(N)c(-c3ccc(C(=O)N[C@H](CO)c4cc(F)cc(Br)c4)c(P)c3)n2)CC1. The number of aliphatic hydroxyl groups is 1. The van der Waals surface area contributed by atoms with Crippen LogP contribution in [0, 0.1) is 23.1 Å². The maximum atomic E-state index is 13.8. The number of hydrogen-bond donors (Lipinski definition) is 3. The summed E-state index contributed by atoms with van der Waals surface area (Å²) in [6.45, 7) is -0.388. The number of benzene rings is 2. The number of nitrogens with two attached hydrogens (primary N) is 1. The first kappa shape index (κ1) is 26.2. The topological polar surface area (TPSA) is 125 Å². The van der Waals surface area contributed by atoms with E-state index in [0.29, 0.717) is 32.4 Å². The van der Waals surface area contributed by atoms with Crippen LogP contribution in [0.3, 0.4) is 0 Å². The fraction of sp³-hybridized carbons (Fsp3) is 0.308. The normalized spacial score (nSPS) is 18.3. The Morgan fingerprint density at radius 3 is 2.67 bits per heavy atom. The number of anilines is 1. The van der Waals surface area contributed by atoms with E-state index in [1.807, 2.05) is 0 Å². The van der Waals surface area contributed by atoms with Gasteiger partial charge in [0, 0.05) is 27.4 Å². The van der Waals surface area contributed by atoms with Gasteiger partial charge in [0.1, 0.15) is 17.3 Å². The maximum absolute atomic E-state index is 13.8. The summed E-state index contributed by atoms with van der Waals surface area (Å²) in [6, 6.07) is 11.0. The largest absolute Gasteiger partial charge is 0.394 e. The molecule has 1 aromatic heterocycles. The minimum atomic E-state index is -0.775. The monoisotopic (exact) mass is 569 g/mol. The van der Waals surface area contributed by atoms with E-state index in [4.69, 9.17) is 16.0 Å². The molecule has 1 fully saturated rings. The van der Waals surface area contributed by atoms with Crippen molar-refractivity contribution in [2.24, 2.45) is 5.92 Å². The van der Waals surface area contributed by atoms with E-state index in [1.165, 1.54) is 12.1 Å². The Morgan fingerprint density at radius 1 is 1.28 bits per heavy atom. The Morgan fingerprint density at radius 2 is 2.03 bits per heavy atom. The molecule has 4 rings (SSSR count). The summed E-state index contributed by atoms with van der Waals surface area (Å²) in [4.78, 5) is 22.1. The molecule has 2 atom stereocenters. The van der Waals surface area contributed by atoms with Gasteiger partial charge in [0.25, 0.3) is 5.91 Å². The lowest BCUT2D eigenvalue weighted by atomic mass is 9.81. The smallest absolute Gasteiger partial charge is 0.252 e. The van der Waals surface area contributed by atoms with Gasteiger partial charge in [-0.25, -0.2) is 14.4 Å². The molecule has 2 aromatic carbocycles. The van der Waals surface area contributed by atoms with Crippen LogP contribution in [0.25, 0.3) is 11.3 Å². The van der Waals surface area contributed by atoms with Crippen LogP contribution in [0.15, 0.2) is 47.1 Å². The molecule has 1 saturated carbocycles. The number of aromatic nitrogens is 2. The average Bonchev–Trinajstić information content (AvgIpc) is 2.86. The first-order valence-corrected chi connectivity index (χ1v) is 13.0. The number of nitrogen functional groups attached to an aromatic ring is 1. The second-order valence-corrected chi connectivity index (χ2v) is 10.5. The van der Waals surface area contributed by atoms with Gasteiger partial charge in [-0.05, 0) is 66.9 Å². The molecule has 4 N–H and O–H groups in total. The zero-order chi connectivity index (χ0) is 25.8. The number of aliphatic hydroxyl groups excluding tert-OH is 1. The van der Waals surface area contributed by atoms with Crippen LogP contribution in [-0.4, -0.2) is 27.6 Å². The predicted octanol–water partition coefficient (Wildman–Crippen LogP) is 4.39. The Bertz CT molecular complexity index is 1300. The molecule has 1 amide bonds. The summed E-state index contributed by atoms with van der Waals surface area (Å²) >= 11 is 3.23. The van der Waals surface area contributed by atoms with Crippen LogP contribution in [0.1, 0.15) is 59.3 Å². The summed E-state index contributed by atoms with van der Waals surface area (Å²) in [5.74, 6) is -0.243. The van der Waals surface area contributed by atoms with Gasteiger partial charge >= 0.3 is 0 Å². The number of nitrogens with one attached hydrogen (secondary N) is 1. The van der Waals surface area contributed by atoms with Crippen molar-refractivity contribution in [1.29, 1.82) is 5.26 Å². The molecule has 7 nitrogen and oxygen atoms in total. The molecule has 1 unspecified atom stereocenters. The van der Waals surface area contributed by atoms with Crippen molar-refractivity contribution in [1.82, 2.24) is 15.3 Å². The first-order valence-electron chi connectivity index (χ1n) is 11.6. The summed E-state index contributed by atoms with van der Waals surface area (Å²) in [7, 11) is 2.54. The molecule has 1 heterocycles. The third kappa shape index (κ3) is 5.89. The summed E-state index contributed by atoms with van der Waals surface area (Å²) < 4.78 is 14.3. The van der Waals surface area contributed by atoms with E-state index >= 15 is 0 Å². The molecule has 0 aliphatic heterocycles. The van der Waals surface area contributed by atoms with Gasteiger partial charge in [-0.1, -0.05) is 22.0 Å². The third-order valence-electron chi connectivity index (χ3n) is 6.49. The van der Waals surface area contributed by atoms with Crippen molar-refractivity contribution >= 4 is 42.2 Å². The van der Waals surface area contributed by atoms with Crippen molar-refractivity contribution in [2.75, 3.05) is 12.3 Å². The van der Waals surface area contributed by atoms with Crippen molar-refractivity contribution in [3.63, 3.8) is 0 Å². The maximum Gasteiger partial charge on any atom is 0.252 e. The zero-order valence-electron chi connectivity index (χ0n) is 19.4. The first-order chi connectivity index (χ1) is 17.3. The van der Waals surface area contributed by atoms with Crippen LogP contribution < -0.4 is 16.4 Å². The molecule has 1 aliphatic carbocycles. The lowest BCUT2D eigenvalue weighted by molar-refractivity contribution is 0.0917.